The minimum Gasteiger partial charge on any atom is -0.489 e. The van der Waals surface area contributed by atoms with Crippen LogP contribution in [-0.2, 0) is 19.4 Å². The topological polar surface area (TPSA) is 84.6 Å². The Hall–Kier alpha value is -3.31. The van der Waals surface area contributed by atoms with Crippen LogP contribution < -0.4 is 15.8 Å². The van der Waals surface area contributed by atoms with Crippen molar-refractivity contribution in [1.29, 1.82) is 0 Å². The number of nitrogens with two attached hydrogens (primary N) is 1. The predicted octanol–water partition coefficient (Wildman–Crippen LogP) is 3.36. The Balaban J connectivity index is 1.62. The number of carbonyl (C=O) groups is 1. The molecule has 0 heterocycles. The summed E-state index contributed by atoms with van der Waals surface area (Å²) in [7, 11) is 0. The molecule has 0 aliphatic heterocycles. The molecular weight excluding hydrogens is 364 g/mol. The van der Waals surface area contributed by atoms with Gasteiger partial charge in [0.2, 0.25) is 0 Å². The highest BCUT2D eigenvalue weighted by Crippen LogP contribution is 2.24. The van der Waals surface area contributed by atoms with Crippen LogP contribution in [0.1, 0.15) is 27.0 Å². The normalized spacial score (nSPS) is 10.5. The lowest BCUT2D eigenvalue weighted by Crippen LogP contribution is -2.26. The number of hydrogen-bond acceptors (Lipinski definition) is 4. The highest BCUT2D eigenvalue weighted by molar-refractivity contribution is 5.94. The Bertz CT molecular complexity index is 925. The summed E-state index contributed by atoms with van der Waals surface area (Å²) in [6.07, 6.45) is 1.59. The number of benzene rings is 3. The molecule has 0 spiro atoms. The first-order chi connectivity index (χ1) is 14.2. The molecule has 3 aromatic carbocycles. The fourth-order valence-electron chi connectivity index (χ4n) is 3.04. The third-order valence-electron chi connectivity index (χ3n) is 4.62. The van der Waals surface area contributed by atoms with Crippen LogP contribution in [0.2, 0.25) is 0 Å². The van der Waals surface area contributed by atoms with E-state index < -0.39 is 0 Å². The van der Waals surface area contributed by atoms with Crippen LogP contribution in [0.15, 0.2) is 72.8 Å². The van der Waals surface area contributed by atoms with Gasteiger partial charge in [-0.2, -0.15) is 0 Å². The number of carbonyl (C=O) groups excluding carboxylic acids is 1. The van der Waals surface area contributed by atoms with Gasteiger partial charge in [-0.3, -0.25) is 4.79 Å². The van der Waals surface area contributed by atoms with Gasteiger partial charge in [-0.25, -0.2) is 0 Å². The highest BCUT2D eigenvalue weighted by atomic mass is 16.5. The fraction of sp³-hybridized carbons (Fsp3) is 0.208. The van der Waals surface area contributed by atoms with Crippen LogP contribution in [0.3, 0.4) is 0 Å². The van der Waals surface area contributed by atoms with E-state index in [0.29, 0.717) is 17.9 Å². The summed E-state index contributed by atoms with van der Waals surface area (Å²) in [4.78, 5) is 11.9. The number of ether oxygens (including phenoxy) is 1. The largest absolute Gasteiger partial charge is 0.489 e. The summed E-state index contributed by atoms with van der Waals surface area (Å²) < 4.78 is 6.03. The molecular formula is C24H26N2O3. The van der Waals surface area contributed by atoms with Gasteiger partial charge in [0.25, 0.3) is 5.91 Å². The van der Waals surface area contributed by atoms with Gasteiger partial charge < -0.3 is 20.9 Å². The quantitative estimate of drug-likeness (QED) is 0.489. The van der Waals surface area contributed by atoms with Crippen LogP contribution in [0, 0.1) is 0 Å². The fourth-order valence-corrected chi connectivity index (χ4v) is 3.04. The average molecular weight is 390 g/mol. The molecule has 0 aliphatic rings. The lowest BCUT2D eigenvalue weighted by atomic mass is 10.0. The Labute approximate surface area is 171 Å². The maximum atomic E-state index is 11.9. The number of nitrogens with one attached hydrogen (secondary N) is 1. The van der Waals surface area contributed by atoms with Gasteiger partial charge in [0.15, 0.2) is 0 Å². The second-order valence-electron chi connectivity index (χ2n) is 6.82. The van der Waals surface area contributed by atoms with E-state index in [0.717, 1.165) is 35.3 Å². The first kappa shape index (κ1) is 20.4. The number of amides is 1. The molecule has 0 saturated heterocycles. The Morgan fingerprint density at radius 3 is 2.41 bits per heavy atom. The molecule has 0 aliphatic carbocycles. The Kier molecular flexibility index (Phi) is 7.25. The molecule has 0 radical (unpaired) electrons. The molecule has 0 atom stereocenters. The summed E-state index contributed by atoms with van der Waals surface area (Å²) in [5.74, 6) is 0.654. The van der Waals surface area contributed by atoms with E-state index >= 15 is 0 Å². The maximum Gasteiger partial charge on any atom is 0.251 e. The summed E-state index contributed by atoms with van der Waals surface area (Å²) >= 11 is 0. The monoisotopic (exact) mass is 390 g/mol. The number of anilines is 1. The number of aliphatic hydroxyl groups is 1. The minimum atomic E-state index is -0.182. The van der Waals surface area contributed by atoms with Crippen molar-refractivity contribution in [2.75, 3.05) is 18.9 Å². The molecule has 29 heavy (non-hydrogen) atoms. The number of rotatable bonds is 9. The zero-order valence-corrected chi connectivity index (χ0v) is 16.3. The summed E-state index contributed by atoms with van der Waals surface area (Å²) in [6, 6.07) is 23.3. The van der Waals surface area contributed by atoms with Crippen molar-refractivity contribution in [3.05, 3.63) is 95.1 Å². The van der Waals surface area contributed by atoms with Crippen LogP contribution in [-0.4, -0.2) is 24.2 Å². The van der Waals surface area contributed by atoms with Crippen molar-refractivity contribution in [2.24, 2.45) is 0 Å². The summed E-state index contributed by atoms with van der Waals surface area (Å²) in [6.45, 7) is 0.690. The Morgan fingerprint density at radius 2 is 1.69 bits per heavy atom. The molecule has 150 valence electrons. The van der Waals surface area contributed by atoms with Crippen LogP contribution in [0.5, 0.6) is 5.75 Å². The first-order valence-electron chi connectivity index (χ1n) is 9.69. The van der Waals surface area contributed by atoms with Gasteiger partial charge in [0.1, 0.15) is 12.4 Å². The zero-order valence-electron chi connectivity index (χ0n) is 16.3. The van der Waals surface area contributed by atoms with Crippen LogP contribution in [0.4, 0.5) is 5.69 Å². The highest BCUT2D eigenvalue weighted by Gasteiger charge is 2.08. The molecule has 3 rings (SSSR count). The standard InChI is InChI=1S/C24H26N2O3/c25-22-12-13-23(29-17-19-4-2-1-3-5-19)21(16-22)11-8-18-6-9-20(10-7-18)24(28)26-14-15-27/h1-7,9-10,12-13,16,27H,8,11,14-15,17,25H2,(H,26,28). The van der Waals surface area contributed by atoms with E-state index in [4.69, 9.17) is 15.6 Å². The molecule has 0 saturated carbocycles. The van der Waals surface area contributed by atoms with Gasteiger partial charge in [-0.1, -0.05) is 42.5 Å². The molecule has 0 unspecified atom stereocenters. The molecule has 4 N–H and O–H groups in total. The molecule has 0 bridgehead atoms. The first-order valence-corrected chi connectivity index (χ1v) is 9.69. The van der Waals surface area contributed by atoms with Gasteiger partial charge in [0, 0.05) is 17.8 Å². The number of aryl methyl sites for hydroxylation is 2. The number of aliphatic hydroxyl groups excluding tert-OH is 1. The van der Waals surface area contributed by atoms with Crippen molar-refractivity contribution in [2.45, 2.75) is 19.4 Å². The van der Waals surface area contributed by atoms with Crippen molar-refractivity contribution in [3.8, 4) is 5.75 Å². The van der Waals surface area contributed by atoms with Crippen LogP contribution in [0.25, 0.3) is 0 Å². The second kappa shape index (κ2) is 10.3. The van der Waals surface area contributed by atoms with Crippen molar-refractivity contribution < 1.29 is 14.6 Å². The molecule has 1 amide bonds. The second-order valence-corrected chi connectivity index (χ2v) is 6.82. The Morgan fingerprint density at radius 1 is 0.931 bits per heavy atom. The van der Waals surface area contributed by atoms with Crippen molar-refractivity contribution >= 4 is 11.6 Å². The van der Waals surface area contributed by atoms with Gasteiger partial charge >= 0.3 is 0 Å². The van der Waals surface area contributed by atoms with E-state index in [9.17, 15) is 4.79 Å². The lowest BCUT2D eigenvalue weighted by Gasteiger charge is -2.13. The van der Waals surface area contributed by atoms with Gasteiger partial charge in [-0.05, 0) is 59.9 Å². The van der Waals surface area contributed by atoms with Crippen molar-refractivity contribution in [3.63, 3.8) is 0 Å². The maximum absolute atomic E-state index is 11.9. The molecule has 5 nitrogen and oxygen atoms in total. The number of hydrogen-bond donors (Lipinski definition) is 3. The predicted molar refractivity (Wildman–Crippen MR) is 115 cm³/mol. The zero-order chi connectivity index (χ0) is 20.5. The van der Waals surface area contributed by atoms with Gasteiger partial charge in [-0.15, -0.1) is 0 Å². The van der Waals surface area contributed by atoms with E-state index in [1.54, 1.807) is 12.1 Å². The summed E-state index contributed by atoms with van der Waals surface area (Å²) in [5.41, 5.74) is 10.6. The third kappa shape index (κ3) is 6.09. The van der Waals surface area contributed by atoms with Crippen LogP contribution >= 0.6 is 0 Å². The average Bonchev–Trinajstić information content (AvgIpc) is 2.76. The van der Waals surface area contributed by atoms with Crippen molar-refractivity contribution in [1.82, 2.24) is 5.32 Å². The SMILES string of the molecule is Nc1ccc(OCc2ccccc2)c(CCc2ccc(C(=O)NCCO)cc2)c1. The van der Waals surface area contributed by atoms with E-state index in [-0.39, 0.29) is 19.1 Å². The van der Waals surface area contributed by atoms with E-state index in [1.165, 1.54) is 0 Å². The van der Waals surface area contributed by atoms with Gasteiger partial charge in [0.05, 0.1) is 6.61 Å². The minimum absolute atomic E-state index is 0.0707. The molecule has 0 fully saturated rings. The molecule has 0 aromatic heterocycles. The molecule has 5 heteroatoms. The third-order valence-corrected chi connectivity index (χ3v) is 4.62. The molecule has 3 aromatic rings. The van der Waals surface area contributed by atoms with E-state index in [2.05, 4.69) is 5.32 Å². The van der Waals surface area contributed by atoms with E-state index in [1.807, 2.05) is 60.7 Å². The smallest absolute Gasteiger partial charge is 0.251 e. The number of nitrogen functional groups attached to an aromatic ring is 1. The lowest BCUT2D eigenvalue weighted by molar-refractivity contribution is 0.0945. The summed E-state index contributed by atoms with van der Waals surface area (Å²) in [5, 5.41) is 11.4.